The molecule has 1 aliphatic carbocycles. The molecule has 1 saturated carbocycles. The maximum absolute atomic E-state index is 12.9. The zero-order chi connectivity index (χ0) is 18.0. The van der Waals surface area contributed by atoms with Crippen molar-refractivity contribution in [2.24, 2.45) is 11.8 Å². The van der Waals surface area contributed by atoms with Gasteiger partial charge in [-0.2, -0.15) is 4.98 Å². The Bertz CT molecular complexity index is 624. The van der Waals surface area contributed by atoms with Crippen molar-refractivity contribution in [1.82, 2.24) is 19.9 Å². The Morgan fingerprint density at radius 2 is 2.12 bits per heavy atom. The van der Waals surface area contributed by atoms with Crippen molar-refractivity contribution in [3.63, 3.8) is 0 Å². The van der Waals surface area contributed by atoms with E-state index in [1.807, 2.05) is 11.8 Å². The summed E-state index contributed by atoms with van der Waals surface area (Å²) >= 11 is 0. The van der Waals surface area contributed by atoms with Crippen molar-refractivity contribution < 1.29 is 14.1 Å². The molecular formula is C18H28N4O3. The molecule has 0 radical (unpaired) electrons. The van der Waals surface area contributed by atoms with Crippen LogP contribution in [0, 0.1) is 11.8 Å². The van der Waals surface area contributed by atoms with Crippen LogP contribution in [-0.2, 0) is 22.6 Å². The van der Waals surface area contributed by atoms with E-state index >= 15 is 0 Å². The van der Waals surface area contributed by atoms with Gasteiger partial charge in [-0.25, -0.2) is 0 Å². The number of nitrogens with zero attached hydrogens (tertiary/aromatic N) is 4. The van der Waals surface area contributed by atoms with Gasteiger partial charge in [-0.15, -0.1) is 0 Å². The second kappa shape index (κ2) is 7.54. The summed E-state index contributed by atoms with van der Waals surface area (Å²) in [5.74, 6) is 1.81. The molecule has 2 amide bonds. The fourth-order valence-electron chi connectivity index (χ4n) is 3.37. The van der Waals surface area contributed by atoms with Gasteiger partial charge in [-0.1, -0.05) is 19.0 Å². The Morgan fingerprint density at radius 1 is 1.36 bits per heavy atom. The number of piperidine rings is 1. The Kier molecular flexibility index (Phi) is 5.39. The van der Waals surface area contributed by atoms with Crippen LogP contribution in [0.4, 0.5) is 0 Å². The average molecular weight is 348 g/mol. The lowest BCUT2D eigenvalue weighted by Crippen LogP contribution is -2.47. The van der Waals surface area contributed by atoms with E-state index in [-0.39, 0.29) is 17.7 Å². The predicted octanol–water partition coefficient (Wildman–Crippen LogP) is 2.02. The topological polar surface area (TPSA) is 79.5 Å². The minimum absolute atomic E-state index is 0.0934. The quantitative estimate of drug-likeness (QED) is 0.753. The summed E-state index contributed by atoms with van der Waals surface area (Å²) in [6.07, 6.45) is 4.01. The third-order valence-electron chi connectivity index (χ3n) is 4.90. The Balaban J connectivity index is 1.60. The fourth-order valence-corrected chi connectivity index (χ4v) is 3.37. The molecule has 25 heavy (non-hydrogen) atoms. The van der Waals surface area contributed by atoms with Crippen LogP contribution in [0.2, 0.25) is 0 Å². The van der Waals surface area contributed by atoms with Gasteiger partial charge in [0.05, 0.1) is 12.5 Å². The molecule has 1 aliphatic heterocycles. The number of hydrogen-bond donors (Lipinski definition) is 0. The molecule has 0 N–H and O–H groups in total. The first-order valence-corrected chi connectivity index (χ1v) is 9.37. The summed E-state index contributed by atoms with van der Waals surface area (Å²) < 4.78 is 5.26. The fraction of sp³-hybridized carbons (Fsp3) is 0.778. The van der Waals surface area contributed by atoms with Gasteiger partial charge >= 0.3 is 0 Å². The van der Waals surface area contributed by atoms with Crippen molar-refractivity contribution in [1.29, 1.82) is 0 Å². The van der Waals surface area contributed by atoms with Crippen LogP contribution in [-0.4, -0.2) is 50.9 Å². The van der Waals surface area contributed by atoms with Gasteiger partial charge in [0.1, 0.15) is 0 Å². The van der Waals surface area contributed by atoms with Crippen LogP contribution >= 0.6 is 0 Å². The predicted molar refractivity (Wildman–Crippen MR) is 91.4 cm³/mol. The minimum Gasteiger partial charge on any atom is -0.339 e. The highest BCUT2D eigenvalue weighted by Crippen LogP contribution is 2.32. The Morgan fingerprint density at radius 3 is 2.76 bits per heavy atom. The van der Waals surface area contributed by atoms with Gasteiger partial charge in [-0.05, 0) is 32.1 Å². The molecule has 7 heteroatoms. The van der Waals surface area contributed by atoms with Crippen molar-refractivity contribution in [2.75, 3.05) is 13.1 Å². The third-order valence-corrected chi connectivity index (χ3v) is 4.90. The summed E-state index contributed by atoms with van der Waals surface area (Å²) in [5, 5.41) is 4.01. The average Bonchev–Trinajstić information content (AvgIpc) is 3.33. The molecule has 1 aromatic heterocycles. The molecule has 1 atom stereocenters. The maximum Gasteiger partial charge on any atom is 0.227 e. The standard InChI is InChI=1S/C18H28N4O3/c1-4-21(11-15-19-16(25-20-15)9-12(2)3)18(24)13-5-8-17(23)22(10-13)14-6-7-14/h12-14H,4-11H2,1-3H3/t13-/m0/s1. The second-order valence-corrected chi connectivity index (χ2v) is 7.57. The second-order valence-electron chi connectivity index (χ2n) is 7.57. The first-order valence-electron chi connectivity index (χ1n) is 9.37. The van der Waals surface area contributed by atoms with Crippen LogP contribution in [0.5, 0.6) is 0 Å². The molecule has 2 heterocycles. The van der Waals surface area contributed by atoms with Crippen LogP contribution in [0.25, 0.3) is 0 Å². The van der Waals surface area contributed by atoms with E-state index in [1.165, 1.54) is 0 Å². The Hall–Kier alpha value is -1.92. The summed E-state index contributed by atoms with van der Waals surface area (Å²) in [6, 6.07) is 0.369. The molecule has 2 fully saturated rings. The number of carbonyl (C=O) groups excluding carboxylic acids is 2. The molecule has 7 nitrogen and oxygen atoms in total. The van der Waals surface area contributed by atoms with E-state index < -0.39 is 0 Å². The van der Waals surface area contributed by atoms with E-state index in [1.54, 1.807) is 4.90 Å². The first-order chi connectivity index (χ1) is 12.0. The smallest absolute Gasteiger partial charge is 0.227 e. The molecule has 1 saturated heterocycles. The highest BCUT2D eigenvalue weighted by molar-refractivity contribution is 5.84. The minimum atomic E-state index is -0.111. The van der Waals surface area contributed by atoms with Gasteiger partial charge in [0.15, 0.2) is 5.82 Å². The van der Waals surface area contributed by atoms with Gasteiger partial charge in [0.2, 0.25) is 17.7 Å². The van der Waals surface area contributed by atoms with E-state index in [2.05, 4.69) is 24.0 Å². The number of hydrogen-bond acceptors (Lipinski definition) is 5. The number of aromatic nitrogens is 2. The maximum atomic E-state index is 12.9. The molecule has 3 rings (SSSR count). The van der Waals surface area contributed by atoms with Crippen LogP contribution in [0.3, 0.4) is 0 Å². The summed E-state index contributed by atoms with van der Waals surface area (Å²) in [7, 11) is 0. The van der Waals surface area contributed by atoms with Gasteiger partial charge in [0.25, 0.3) is 0 Å². The van der Waals surface area contributed by atoms with Gasteiger partial charge < -0.3 is 14.3 Å². The summed E-state index contributed by atoms with van der Waals surface area (Å²) in [6.45, 7) is 7.68. The van der Waals surface area contributed by atoms with Crippen LogP contribution < -0.4 is 0 Å². The molecule has 2 aliphatic rings. The lowest BCUT2D eigenvalue weighted by Gasteiger charge is -2.34. The molecule has 138 valence electrons. The molecular weight excluding hydrogens is 320 g/mol. The molecule has 0 aromatic carbocycles. The van der Waals surface area contributed by atoms with Crippen molar-refractivity contribution in [2.45, 2.75) is 65.5 Å². The van der Waals surface area contributed by atoms with Gasteiger partial charge in [-0.3, -0.25) is 9.59 Å². The third kappa shape index (κ3) is 4.38. The normalized spacial score (nSPS) is 21.0. The monoisotopic (exact) mass is 348 g/mol. The number of amides is 2. The molecule has 0 unspecified atom stereocenters. The summed E-state index contributed by atoms with van der Waals surface area (Å²) in [4.78, 5) is 33.0. The van der Waals surface area contributed by atoms with Gasteiger partial charge in [0, 0.05) is 32.0 Å². The van der Waals surface area contributed by atoms with E-state index in [0.29, 0.717) is 56.2 Å². The molecule has 0 bridgehead atoms. The molecule has 0 spiro atoms. The highest BCUT2D eigenvalue weighted by atomic mass is 16.5. The van der Waals surface area contributed by atoms with E-state index in [9.17, 15) is 9.59 Å². The zero-order valence-corrected chi connectivity index (χ0v) is 15.4. The first kappa shape index (κ1) is 17.9. The van der Waals surface area contributed by atoms with Crippen molar-refractivity contribution >= 4 is 11.8 Å². The van der Waals surface area contributed by atoms with Crippen LogP contribution in [0.1, 0.15) is 58.2 Å². The lowest BCUT2D eigenvalue weighted by molar-refractivity contribution is -0.143. The number of rotatable bonds is 7. The SMILES string of the molecule is CCN(Cc1noc(CC(C)C)n1)C(=O)[C@H]1CCC(=O)N(C2CC2)C1. The highest BCUT2D eigenvalue weighted by Gasteiger charge is 2.39. The zero-order valence-electron chi connectivity index (χ0n) is 15.4. The lowest BCUT2D eigenvalue weighted by atomic mass is 9.95. The van der Waals surface area contributed by atoms with E-state index in [0.717, 1.165) is 19.3 Å². The Labute approximate surface area is 148 Å². The van der Waals surface area contributed by atoms with Crippen molar-refractivity contribution in [3.8, 4) is 0 Å². The number of likely N-dealkylation sites (tertiary alicyclic amines) is 1. The van der Waals surface area contributed by atoms with E-state index in [4.69, 9.17) is 4.52 Å². The number of carbonyl (C=O) groups is 2. The largest absolute Gasteiger partial charge is 0.339 e. The molecule has 1 aromatic rings. The van der Waals surface area contributed by atoms with Crippen molar-refractivity contribution in [3.05, 3.63) is 11.7 Å². The van der Waals surface area contributed by atoms with Crippen LogP contribution in [0.15, 0.2) is 4.52 Å². The summed E-state index contributed by atoms with van der Waals surface area (Å²) in [5.41, 5.74) is 0.